The van der Waals surface area contributed by atoms with Gasteiger partial charge in [-0.1, -0.05) is 6.07 Å². The Hall–Kier alpha value is -2.01. The van der Waals surface area contributed by atoms with Gasteiger partial charge in [-0.3, -0.25) is 4.79 Å². The van der Waals surface area contributed by atoms with Gasteiger partial charge >= 0.3 is 0 Å². The Labute approximate surface area is 97.5 Å². The quantitative estimate of drug-likeness (QED) is 0.856. The highest BCUT2D eigenvalue weighted by Crippen LogP contribution is 2.10. The average molecular weight is 233 g/mol. The molecule has 0 saturated heterocycles. The average Bonchev–Trinajstić information content (AvgIpc) is 2.35. The standard InChI is InChI=1S/C12H12FN3O/c13-11-4-3-9(7-14)6-10(11)8-16-12(17)2-1-5-15-16/h1-6H,7-8,14H2. The van der Waals surface area contributed by atoms with E-state index in [0.29, 0.717) is 12.1 Å². The summed E-state index contributed by atoms with van der Waals surface area (Å²) in [5.41, 5.74) is 6.46. The van der Waals surface area contributed by atoms with Gasteiger partial charge in [-0.15, -0.1) is 0 Å². The van der Waals surface area contributed by atoms with E-state index in [1.165, 1.54) is 23.0 Å². The van der Waals surface area contributed by atoms with Crippen LogP contribution in [0, 0.1) is 5.82 Å². The van der Waals surface area contributed by atoms with Gasteiger partial charge in [-0.05, 0) is 23.8 Å². The Morgan fingerprint density at radius 3 is 2.88 bits per heavy atom. The Balaban J connectivity index is 2.36. The molecule has 0 bridgehead atoms. The molecular weight excluding hydrogens is 221 g/mol. The first kappa shape index (κ1) is 11.5. The van der Waals surface area contributed by atoms with Gasteiger partial charge in [0, 0.05) is 24.4 Å². The van der Waals surface area contributed by atoms with E-state index in [0.717, 1.165) is 5.56 Å². The number of nitrogens with two attached hydrogens (primary N) is 1. The Bertz CT molecular complexity index is 580. The Morgan fingerprint density at radius 1 is 1.35 bits per heavy atom. The summed E-state index contributed by atoms with van der Waals surface area (Å²) < 4.78 is 14.7. The van der Waals surface area contributed by atoms with Crippen molar-refractivity contribution in [2.24, 2.45) is 5.73 Å². The molecule has 4 nitrogen and oxygen atoms in total. The number of benzene rings is 1. The van der Waals surface area contributed by atoms with Crippen molar-refractivity contribution in [3.05, 3.63) is 63.8 Å². The van der Waals surface area contributed by atoms with Gasteiger partial charge in [-0.25, -0.2) is 9.07 Å². The molecule has 0 aliphatic carbocycles. The maximum absolute atomic E-state index is 13.5. The van der Waals surface area contributed by atoms with E-state index < -0.39 is 0 Å². The molecule has 0 spiro atoms. The monoisotopic (exact) mass is 233 g/mol. The zero-order valence-electron chi connectivity index (χ0n) is 9.14. The molecule has 5 heteroatoms. The van der Waals surface area contributed by atoms with Crippen LogP contribution in [0.5, 0.6) is 0 Å². The molecule has 0 unspecified atom stereocenters. The molecule has 0 amide bonds. The fourth-order valence-corrected chi connectivity index (χ4v) is 1.54. The molecule has 0 radical (unpaired) electrons. The molecule has 1 aromatic heterocycles. The van der Waals surface area contributed by atoms with Crippen molar-refractivity contribution in [2.45, 2.75) is 13.1 Å². The largest absolute Gasteiger partial charge is 0.326 e. The summed E-state index contributed by atoms with van der Waals surface area (Å²) in [4.78, 5) is 11.4. The minimum absolute atomic E-state index is 0.110. The first-order valence-electron chi connectivity index (χ1n) is 5.20. The number of aromatic nitrogens is 2. The van der Waals surface area contributed by atoms with Crippen molar-refractivity contribution < 1.29 is 4.39 Å². The fourth-order valence-electron chi connectivity index (χ4n) is 1.54. The molecule has 1 aromatic carbocycles. The van der Waals surface area contributed by atoms with E-state index in [1.807, 2.05) is 0 Å². The van der Waals surface area contributed by atoms with Gasteiger partial charge < -0.3 is 5.73 Å². The lowest BCUT2D eigenvalue weighted by Crippen LogP contribution is -2.22. The Morgan fingerprint density at radius 2 is 2.18 bits per heavy atom. The van der Waals surface area contributed by atoms with E-state index in [1.54, 1.807) is 18.2 Å². The molecule has 2 N–H and O–H groups in total. The summed E-state index contributed by atoms with van der Waals surface area (Å²) in [6.07, 6.45) is 1.49. The van der Waals surface area contributed by atoms with Crippen molar-refractivity contribution in [1.29, 1.82) is 0 Å². The molecule has 2 rings (SSSR count). The van der Waals surface area contributed by atoms with Crippen LogP contribution in [0.1, 0.15) is 11.1 Å². The minimum atomic E-state index is -0.361. The van der Waals surface area contributed by atoms with Gasteiger partial charge in [0.25, 0.3) is 5.56 Å². The molecular formula is C12H12FN3O. The van der Waals surface area contributed by atoms with Crippen LogP contribution in [-0.2, 0) is 13.1 Å². The highest BCUT2D eigenvalue weighted by Gasteiger charge is 2.05. The predicted molar refractivity (Wildman–Crippen MR) is 61.9 cm³/mol. The number of nitrogens with zero attached hydrogens (tertiary/aromatic N) is 2. The smallest absolute Gasteiger partial charge is 0.267 e. The first-order chi connectivity index (χ1) is 8.20. The number of rotatable bonds is 3. The molecule has 2 aromatic rings. The van der Waals surface area contributed by atoms with Crippen LogP contribution >= 0.6 is 0 Å². The number of hydrogen-bond acceptors (Lipinski definition) is 3. The lowest BCUT2D eigenvalue weighted by atomic mass is 10.1. The van der Waals surface area contributed by atoms with Gasteiger partial charge in [0.2, 0.25) is 0 Å². The van der Waals surface area contributed by atoms with E-state index in [2.05, 4.69) is 5.10 Å². The summed E-state index contributed by atoms with van der Waals surface area (Å²) in [6.45, 7) is 0.448. The molecule has 0 aliphatic heterocycles. The lowest BCUT2D eigenvalue weighted by molar-refractivity contribution is 0.571. The second-order valence-electron chi connectivity index (χ2n) is 3.65. The van der Waals surface area contributed by atoms with Crippen LogP contribution in [-0.4, -0.2) is 9.78 Å². The molecule has 88 valence electrons. The van der Waals surface area contributed by atoms with Crippen LogP contribution in [0.4, 0.5) is 4.39 Å². The van der Waals surface area contributed by atoms with E-state index >= 15 is 0 Å². The highest BCUT2D eigenvalue weighted by atomic mass is 19.1. The predicted octanol–water partition coefficient (Wildman–Crippen LogP) is 0.889. The van der Waals surface area contributed by atoms with Gasteiger partial charge in [0.15, 0.2) is 0 Å². The SMILES string of the molecule is NCc1ccc(F)c(Cn2ncccc2=O)c1. The first-order valence-corrected chi connectivity index (χ1v) is 5.20. The van der Waals surface area contributed by atoms with Crippen LogP contribution < -0.4 is 11.3 Å². The topological polar surface area (TPSA) is 60.9 Å². The molecule has 1 heterocycles. The van der Waals surface area contributed by atoms with Crippen LogP contribution in [0.2, 0.25) is 0 Å². The number of hydrogen-bond donors (Lipinski definition) is 1. The summed E-state index contributed by atoms with van der Waals surface area (Å²) in [7, 11) is 0. The Kier molecular flexibility index (Phi) is 3.30. The maximum Gasteiger partial charge on any atom is 0.267 e. The van der Waals surface area contributed by atoms with Crippen molar-refractivity contribution in [3.8, 4) is 0 Å². The summed E-state index contributed by atoms with van der Waals surface area (Å²) >= 11 is 0. The molecule has 17 heavy (non-hydrogen) atoms. The third kappa shape index (κ3) is 2.57. The third-order valence-electron chi connectivity index (χ3n) is 2.45. The van der Waals surface area contributed by atoms with E-state index in [4.69, 9.17) is 5.73 Å². The summed E-state index contributed by atoms with van der Waals surface area (Å²) in [5.74, 6) is -0.361. The second kappa shape index (κ2) is 4.88. The van der Waals surface area contributed by atoms with E-state index in [-0.39, 0.29) is 17.9 Å². The van der Waals surface area contributed by atoms with Gasteiger partial charge in [0.1, 0.15) is 5.82 Å². The zero-order valence-corrected chi connectivity index (χ0v) is 9.14. The van der Waals surface area contributed by atoms with Crippen LogP contribution in [0.25, 0.3) is 0 Å². The van der Waals surface area contributed by atoms with Crippen molar-refractivity contribution >= 4 is 0 Å². The van der Waals surface area contributed by atoms with Gasteiger partial charge in [-0.2, -0.15) is 5.10 Å². The lowest BCUT2D eigenvalue weighted by Gasteiger charge is -2.06. The van der Waals surface area contributed by atoms with Crippen molar-refractivity contribution in [1.82, 2.24) is 9.78 Å². The van der Waals surface area contributed by atoms with Crippen LogP contribution in [0.15, 0.2) is 41.3 Å². The van der Waals surface area contributed by atoms with Gasteiger partial charge in [0.05, 0.1) is 6.54 Å². The summed E-state index contributed by atoms with van der Waals surface area (Å²) in [6, 6.07) is 7.56. The summed E-state index contributed by atoms with van der Waals surface area (Å²) in [5, 5.41) is 3.88. The zero-order chi connectivity index (χ0) is 12.3. The minimum Gasteiger partial charge on any atom is -0.326 e. The molecule has 0 saturated carbocycles. The molecule has 0 fully saturated rings. The highest BCUT2D eigenvalue weighted by molar-refractivity contribution is 5.25. The number of halogens is 1. The fraction of sp³-hybridized carbons (Fsp3) is 0.167. The van der Waals surface area contributed by atoms with Crippen LogP contribution in [0.3, 0.4) is 0 Å². The second-order valence-corrected chi connectivity index (χ2v) is 3.65. The van der Waals surface area contributed by atoms with Crippen molar-refractivity contribution in [3.63, 3.8) is 0 Å². The molecule has 0 atom stereocenters. The van der Waals surface area contributed by atoms with Crippen molar-refractivity contribution in [2.75, 3.05) is 0 Å². The molecule has 0 aliphatic rings. The van der Waals surface area contributed by atoms with E-state index in [9.17, 15) is 9.18 Å². The maximum atomic E-state index is 13.5. The normalized spacial score (nSPS) is 10.5. The third-order valence-corrected chi connectivity index (χ3v) is 2.45.